The first kappa shape index (κ1) is 11.0. The van der Waals surface area contributed by atoms with Gasteiger partial charge in [-0.2, -0.15) is 0 Å². The Balaban J connectivity index is 2.89. The van der Waals surface area contributed by atoms with Gasteiger partial charge in [0.15, 0.2) is 0 Å². The second kappa shape index (κ2) is 8.10. The van der Waals surface area contributed by atoms with Crippen LogP contribution in [0.5, 0.6) is 0 Å². The molecule has 67 valence electrons. The summed E-state index contributed by atoms with van der Waals surface area (Å²) in [4.78, 5) is 0. The van der Waals surface area contributed by atoms with Gasteiger partial charge in [-0.05, 0) is 12.3 Å². The maximum Gasteiger partial charge on any atom is -0.0417 e. The fraction of sp³-hybridized carbons (Fsp3) is 0.909. The molecule has 1 unspecified atom stereocenters. The number of unbranched alkanes of at least 4 members (excludes halogenated alkanes) is 4. The molecule has 0 rings (SSSR count). The van der Waals surface area contributed by atoms with E-state index < -0.39 is 0 Å². The van der Waals surface area contributed by atoms with Crippen LogP contribution < -0.4 is 0 Å². The minimum Gasteiger partial charge on any atom is -0.0651 e. The quantitative estimate of drug-likeness (QED) is 0.483. The molecule has 0 heterocycles. The Morgan fingerprint density at radius 1 is 1.18 bits per heavy atom. The van der Waals surface area contributed by atoms with Gasteiger partial charge >= 0.3 is 0 Å². The molecule has 0 amide bonds. The molecule has 0 aliphatic rings. The van der Waals surface area contributed by atoms with Gasteiger partial charge in [0.25, 0.3) is 0 Å². The van der Waals surface area contributed by atoms with Crippen molar-refractivity contribution in [3.8, 4) is 0 Å². The summed E-state index contributed by atoms with van der Waals surface area (Å²) in [6.45, 7) is 6.78. The molecule has 0 nitrogen and oxygen atoms in total. The summed E-state index contributed by atoms with van der Waals surface area (Å²) in [5.41, 5.74) is 0. The van der Waals surface area contributed by atoms with E-state index in [9.17, 15) is 0 Å². The van der Waals surface area contributed by atoms with Crippen LogP contribution in [0.2, 0.25) is 0 Å². The van der Waals surface area contributed by atoms with Crippen molar-refractivity contribution in [3.05, 3.63) is 6.42 Å². The molecule has 0 fully saturated rings. The second-order valence-corrected chi connectivity index (χ2v) is 3.56. The van der Waals surface area contributed by atoms with Crippen LogP contribution in [0.3, 0.4) is 0 Å². The average Bonchev–Trinajstić information content (AvgIpc) is 2.04. The SMILES string of the molecule is C[CH]CCCCCC(C)CC. The summed E-state index contributed by atoms with van der Waals surface area (Å²) in [5, 5.41) is 0. The van der Waals surface area contributed by atoms with E-state index in [1.165, 1.54) is 38.5 Å². The summed E-state index contributed by atoms with van der Waals surface area (Å²) in [6, 6.07) is 0. The van der Waals surface area contributed by atoms with Gasteiger partial charge < -0.3 is 0 Å². The highest BCUT2D eigenvalue weighted by Crippen LogP contribution is 2.13. The van der Waals surface area contributed by atoms with Gasteiger partial charge in [0.2, 0.25) is 0 Å². The normalized spacial score (nSPS) is 13.4. The van der Waals surface area contributed by atoms with Crippen molar-refractivity contribution in [1.82, 2.24) is 0 Å². The van der Waals surface area contributed by atoms with Crippen molar-refractivity contribution < 1.29 is 0 Å². The van der Waals surface area contributed by atoms with Crippen LogP contribution in [-0.4, -0.2) is 0 Å². The minimum absolute atomic E-state index is 0.945. The third-order valence-electron chi connectivity index (χ3n) is 2.39. The molecule has 0 aliphatic heterocycles. The molecule has 0 aromatic rings. The number of hydrogen-bond donors (Lipinski definition) is 0. The predicted octanol–water partition coefficient (Wildman–Crippen LogP) is 4.21. The highest BCUT2D eigenvalue weighted by molar-refractivity contribution is 4.56. The second-order valence-electron chi connectivity index (χ2n) is 3.56. The zero-order chi connectivity index (χ0) is 8.53. The van der Waals surface area contributed by atoms with Crippen LogP contribution in [-0.2, 0) is 0 Å². The first-order valence-electron chi connectivity index (χ1n) is 5.09. The molecule has 0 aliphatic carbocycles. The van der Waals surface area contributed by atoms with E-state index in [0.717, 1.165) is 5.92 Å². The Bertz CT molecular complexity index is 66.4. The molecular formula is C11H23. The largest absolute Gasteiger partial charge is 0.0651 e. The van der Waals surface area contributed by atoms with Crippen molar-refractivity contribution in [1.29, 1.82) is 0 Å². The summed E-state index contributed by atoms with van der Waals surface area (Å²) >= 11 is 0. The Morgan fingerprint density at radius 2 is 1.91 bits per heavy atom. The molecule has 0 N–H and O–H groups in total. The van der Waals surface area contributed by atoms with Crippen molar-refractivity contribution >= 4 is 0 Å². The molecule has 0 aromatic heterocycles. The number of rotatable bonds is 7. The van der Waals surface area contributed by atoms with E-state index in [1.807, 2.05) is 0 Å². The molecule has 0 spiro atoms. The van der Waals surface area contributed by atoms with E-state index in [1.54, 1.807) is 0 Å². The van der Waals surface area contributed by atoms with Crippen LogP contribution in [0.4, 0.5) is 0 Å². The fourth-order valence-corrected chi connectivity index (χ4v) is 1.22. The van der Waals surface area contributed by atoms with E-state index in [0.29, 0.717) is 0 Å². The van der Waals surface area contributed by atoms with Crippen LogP contribution in [0.15, 0.2) is 0 Å². The van der Waals surface area contributed by atoms with Crippen molar-refractivity contribution in [3.63, 3.8) is 0 Å². The van der Waals surface area contributed by atoms with Crippen molar-refractivity contribution in [2.75, 3.05) is 0 Å². The van der Waals surface area contributed by atoms with Gasteiger partial charge in [-0.15, -0.1) is 0 Å². The monoisotopic (exact) mass is 155 g/mol. The summed E-state index contributed by atoms with van der Waals surface area (Å²) in [6.07, 6.45) is 10.6. The summed E-state index contributed by atoms with van der Waals surface area (Å²) in [5.74, 6) is 0.945. The zero-order valence-electron chi connectivity index (χ0n) is 8.40. The molecule has 1 atom stereocenters. The summed E-state index contributed by atoms with van der Waals surface area (Å²) < 4.78 is 0. The van der Waals surface area contributed by atoms with Gasteiger partial charge in [0.1, 0.15) is 0 Å². The third-order valence-corrected chi connectivity index (χ3v) is 2.39. The van der Waals surface area contributed by atoms with Crippen LogP contribution >= 0.6 is 0 Å². The Kier molecular flexibility index (Phi) is 8.10. The van der Waals surface area contributed by atoms with Gasteiger partial charge in [0.05, 0.1) is 0 Å². The van der Waals surface area contributed by atoms with Crippen molar-refractivity contribution in [2.45, 2.75) is 59.3 Å². The first-order chi connectivity index (χ1) is 5.31. The van der Waals surface area contributed by atoms with E-state index in [2.05, 4.69) is 27.2 Å². The number of hydrogen-bond acceptors (Lipinski definition) is 0. The van der Waals surface area contributed by atoms with Gasteiger partial charge in [0, 0.05) is 0 Å². The lowest BCUT2D eigenvalue weighted by Gasteiger charge is -2.06. The lowest BCUT2D eigenvalue weighted by molar-refractivity contribution is 0.478. The Labute approximate surface area is 72.4 Å². The Morgan fingerprint density at radius 3 is 2.45 bits per heavy atom. The fourth-order valence-electron chi connectivity index (χ4n) is 1.22. The van der Waals surface area contributed by atoms with Crippen LogP contribution in [0, 0.1) is 12.3 Å². The van der Waals surface area contributed by atoms with Crippen LogP contribution in [0.1, 0.15) is 59.3 Å². The zero-order valence-corrected chi connectivity index (χ0v) is 8.40. The minimum atomic E-state index is 0.945. The smallest absolute Gasteiger partial charge is 0.0417 e. The van der Waals surface area contributed by atoms with Gasteiger partial charge in [-0.25, -0.2) is 0 Å². The van der Waals surface area contributed by atoms with E-state index in [4.69, 9.17) is 0 Å². The summed E-state index contributed by atoms with van der Waals surface area (Å²) in [7, 11) is 0. The van der Waals surface area contributed by atoms with Crippen LogP contribution in [0.25, 0.3) is 0 Å². The molecule has 0 saturated heterocycles. The average molecular weight is 155 g/mol. The highest BCUT2D eigenvalue weighted by atomic mass is 14.0. The molecule has 11 heavy (non-hydrogen) atoms. The molecule has 1 radical (unpaired) electrons. The molecule has 0 saturated carbocycles. The molecule has 0 bridgehead atoms. The highest BCUT2D eigenvalue weighted by Gasteiger charge is 1.97. The van der Waals surface area contributed by atoms with Gasteiger partial charge in [-0.3, -0.25) is 0 Å². The lowest BCUT2D eigenvalue weighted by atomic mass is 10.0. The standard InChI is InChI=1S/C11H23/c1-4-6-7-8-9-10-11(3)5-2/h4,11H,5-10H2,1-3H3. The predicted molar refractivity (Wildman–Crippen MR) is 52.5 cm³/mol. The van der Waals surface area contributed by atoms with E-state index in [-0.39, 0.29) is 0 Å². The molecule has 0 heteroatoms. The molecular weight excluding hydrogens is 132 g/mol. The first-order valence-corrected chi connectivity index (χ1v) is 5.09. The Hall–Kier alpha value is 0. The molecule has 0 aromatic carbocycles. The van der Waals surface area contributed by atoms with Gasteiger partial charge in [-0.1, -0.05) is 59.3 Å². The lowest BCUT2D eigenvalue weighted by Crippen LogP contribution is -1.91. The topological polar surface area (TPSA) is 0 Å². The maximum atomic E-state index is 2.35. The van der Waals surface area contributed by atoms with Crippen molar-refractivity contribution in [2.24, 2.45) is 5.92 Å². The maximum absolute atomic E-state index is 2.35. The third kappa shape index (κ3) is 7.90. The van der Waals surface area contributed by atoms with E-state index >= 15 is 0 Å².